The Morgan fingerprint density at radius 2 is 1.89 bits per heavy atom. The average Bonchev–Trinajstić information content (AvgIpc) is 3.12. The highest BCUT2D eigenvalue weighted by Gasteiger charge is 2.39. The molecule has 1 fully saturated rings. The summed E-state index contributed by atoms with van der Waals surface area (Å²) in [5.74, 6) is -1.33. The summed E-state index contributed by atoms with van der Waals surface area (Å²) in [4.78, 5) is 50.2. The molecule has 5 amide bonds. The SMILES string of the molecule is CC(C)c1cc(NC(=O)NCc2ccc3c(c2)CN(C2CCC(=O)NC2=O)C3=O)cc(C(F)(F)F)c1. The number of imide groups is 1. The fraction of sp³-hybridized carbons (Fsp3) is 0.360. The molecule has 0 bridgehead atoms. The van der Waals surface area contributed by atoms with Crippen molar-refractivity contribution in [1.82, 2.24) is 15.5 Å². The summed E-state index contributed by atoms with van der Waals surface area (Å²) < 4.78 is 39.7. The van der Waals surface area contributed by atoms with E-state index in [0.29, 0.717) is 22.3 Å². The van der Waals surface area contributed by atoms with Crippen molar-refractivity contribution < 1.29 is 32.3 Å². The number of benzene rings is 2. The minimum Gasteiger partial charge on any atom is -0.334 e. The van der Waals surface area contributed by atoms with Crippen LogP contribution in [0.2, 0.25) is 0 Å². The number of fused-ring (bicyclic) bond motifs is 1. The zero-order valence-electron chi connectivity index (χ0n) is 19.7. The Labute approximate surface area is 205 Å². The highest BCUT2D eigenvalue weighted by molar-refractivity contribution is 6.05. The van der Waals surface area contributed by atoms with Gasteiger partial charge < -0.3 is 15.5 Å². The Balaban J connectivity index is 1.40. The molecule has 0 spiro atoms. The van der Waals surface area contributed by atoms with Crippen LogP contribution in [0.15, 0.2) is 36.4 Å². The number of alkyl halides is 3. The number of rotatable bonds is 5. The third-order valence-corrected chi connectivity index (χ3v) is 6.25. The first-order valence-electron chi connectivity index (χ1n) is 11.5. The number of nitrogens with zero attached hydrogens (tertiary/aromatic N) is 1. The highest BCUT2D eigenvalue weighted by Crippen LogP contribution is 2.34. The van der Waals surface area contributed by atoms with Gasteiger partial charge in [0.15, 0.2) is 0 Å². The van der Waals surface area contributed by atoms with E-state index < -0.39 is 29.7 Å². The van der Waals surface area contributed by atoms with Crippen LogP contribution in [0.3, 0.4) is 0 Å². The third-order valence-electron chi connectivity index (χ3n) is 6.25. The van der Waals surface area contributed by atoms with E-state index >= 15 is 0 Å². The lowest BCUT2D eigenvalue weighted by Gasteiger charge is -2.29. The van der Waals surface area contributed by atoms with Gasteiger partial charge in [-0.05, 0) is 53.3 Å². The minimum absolute atomic E-state index is 0.0328. The van der Waals surface area contributed by atoms with Crippen LogP contribution in [-0.2, 0) is 28.9 Å². The molecule has 2 aliphatic rings. The molecule has 0 aliphatic carbocycles. The molecule has 3 N–H and O–H groups in total. The topological polar surface area (TPSA) is 108 Å². The average molecular weight is 502 g/mol. The zero-order valence-corrected chi connectivity index (χ0v) is 19.7. The van der Waals surface area contributed by atoms with Crippen LogP contribution in [0, 0.1) is 0 Å². The largest absolute Gasteiger partial charge is 0.416 e. The summed E-state index contributed by atoms with van der Waals surface area (Å²) in [5, 5.41) is 7.32. The van der Waals surface area contributed by atoms with Gasteiger partial charge in [0.2, 0.25) is 11.8 Å². The van der Waals surface area contributed by atoms with Gasteiger partial charge in [-0.2, -0.15) is 13.2 Å². The van der Waals surface area contributed by atoms with Gasteiger partial charge in [-0.25, -0.2) is 4.79 Å². The number of hydrogen-bond acceptors (Lipinski definition) is 4. The number of carbonyl (C=O) groups excluding carboxylic acids is 4. The van der Waals surface area contributed by atoms with E-state index in [1.165, 1.54) is 11.0 Å². The Kier molecular flexibility index (Phi) is 6.75. The van der Waals surface area contributed by atoms with Crippen molar-refractivity contribution in [3.63, 3.8) is 0 Å². The van der Waals surface area contributed by atoms with Crippen LogP contribution < -0.4 is 16.0 Å². The molecule has 8 nitrogen and oxygen atoms in total. The smallest absolute Gasteiger partial charge is 0.334 e. The molecule has 1 unspecified atom stereocenters. The molecular formula is C25H25F3N4O4. The first kappa shape index (κ1) is 25.2. The van der Waals surface area contributed by atoms with Crippen LogP contribution in [-0.4, -0.2) is 34.7 Å². The van der Waals surface area contributed by atoms with Crippen molar-refractivity contribution in [1.29, 1.82) is 0 Å². The fourth-order valence-corrected chi connectivity index (χ4v) is 4.32. The Morgan fingerprint density at radius 1 is 1.14 bits per heavy atom. The first-order chi connectivity index (χ1) is 16.9. The molecular weight excluding hydrogens is 477 g/mol. The Hall–Kier alpha value is -3.89. The number of nitrogens with one attached hydrogen (secondary N) is 3. The van der Waals surface area contributed by atoms with Crippen molar-refractivity contribution in [3.05, 3.63) is 64.2 Å². The summed E-state index contributed by atoms with van der Waals surface area (Å²) in [7, 11) is 0. The van der Waals surface area contributed by atoms with Crippen LogP contribution in [0.4, 0.5) is 23.7 Å². The lowest BCUT2D eigenvalue weighted by Crippen LogP contribution is -2.52. The van der Waals surface area contributed by atoms with Crippen LogP contribution in [0.25, 0.3) is 0 Å². The summed E-state index contributed by atoms with van der Waals surface area (Å²) in [6.07, 6.45) is -4.13. The first-order valence-corrected chi connectivity index (χ1v) is 11.5. The summed E-state index contributed by atoms with van der Waals surface area (Å²) in [6.45, 7) is 3.79. The zero-order chi connectivity index (χ0) is 26.2. The van der Waals surface area contributed by atoms with Gasteiger partial charge in [-0.1, -0.05) is 26.0 Å². The second-order valence-electron chi connectivity index (χ2n) is 9.20. The molecule has 4 rings (SSSR count). The molecule has 2 aromatic rings. The van der Waals surface area contributed by atoms with Crippen molar-refractivity contribution >= 4 is 29.4 Å². The quantitative estimate of drug-likeness (QED) is 0.539. The molecule has 0 aromatic heterocycles. The molecule has 11 heteroatoms. The lowest BCUT2D eigenvalue weighted by molar-refractivity contribution is -0.138. The van der Waals surface area contributed by atoms with Crippen LogP contribution in [0.1, 0.15) is 65.2 Å². The van der Waals surface area contributed by atoms with Gasteiger partial charge in [0.05, 0.1) is 5.56 Å². The molecule has 0 saturated carbocycles. The predicted octanol–water partition coefficient (Wildman–Crippen LogP) is 3.91. The lowest BCUT2D eigenvalue weighted by atomic mass is 9.99. The van der Waals surface area contributed by atoms with E-state index in [9.17, 15) is 32.3 Å². The van der Waals surface area contributed by atoms with Gasteiger partial charge in [-0.15, -0.1) is 0 Å². The Bertz CT molecular complexity index is 1240. The van der Waals surface area contributed by atoms with Gasteiger partial charge in [0.25, 0.3) is 5.91 Å². The summed E-state index contributed by atoms with van der Waals surface area (Å²) in [5.41, 5.74) is 1.44. The van der Waals surface area contributed by atoms with E-state index in [0.717, 1.165) is 12.1 Å². The number of halogens is 3. The van der Waals surface area contributed by atoms with E-state index in [4.69, 9.17) is 0 Å². The maximum absolute atomic E-state index is 13.2. The second-order valence-corrected chi connectivity index (χ2v) is 9.20. The molecule has 36 heavy (non-hydrogen) atoms. The number of urea groups is 1. The second kappa shape index (κ2) is 9.63. The number of piperidine rings is 1. The van der Waals surface area contributed by atoms with Crippen molar-refractivity contribution in [2.24, 2.45) is 0 Å². The van der Waals surface area contributed by atoms with Crippen molar-refractivity contribution in [3.8, 4) is 0 Å². The minimum atomic E-state index is -4.54. The number of hydrogen-bond donors (Lipinski definition) is 3. The van der Waals surface area contributed by atoms with E-state index in [-0.39, 0.29) is 49.4 Å². The van der Waals surface area contributed by atoms with Crippen LogP contribution >= 0.6 is 0 Å². The summed E-state index contributed by atoms with van der Waals surface area (Å²) >= 11 is 0. The molecule has 2 aliphatic heterocycles. The maximum atomic E-state index is 13.2. The number of carbonyl (C=O) groups is 4. The van der Waals surface area contributed by atoms with E-state index in [1.54, 1.807) is 32.0 Å². The third kappa shape index (κ3) is 5.34. The maximum Gasteiger partial charge on any atom is 0.416 e. The predicted molar refractivity (Wildman–Crippen MR) is 124 cm³/mol. The van der Waals surface area contributed by atoms with E-state index in [2.05, 4.69) is 16.0 Å². The van der Waals surface area contributed by atoms with Crippen LogP contribution in [0.5, 0.6) is 0 Å². The molecule has 0 radical (unpaired) electrons. The van der Waals surface area contributed by atoms with Gasteiger partial charge in [-0.3, -0.25) is 19.7 Å². The number of anilines is 1. The van der Waals surface area contributed by atoms with Gasteiger partial charge >= 0.3 is 12.2 Å². The fourth-order valence-electron chi connectivity index (χ4n) is 4.32. The van der Waals surface area contributed by atoms with Crippen molar-refractivity contribution in [2.75, 3.05) is 5.32 Å². The normalized spacial score (nSPS) is 17.8. The number of amides is 5. The van der Waals surface area contributed by atoms with Gasteiger partial charge in [0, 0.05) is 30.8 Å². The summed E-state index contributed by atoms with van der Waals surface area (Å²) in [6, 6.07) is 7.06. The molecule has 190 valence electrons. The standard InChI is InChI=1S/C25H25F3N4O4/c1-13(2)15-8-17(25(26,27)28)10-18(9-15)30-24(36)29-11-14-3-4-19-16(7-14)12-32(23(19)35)20-5-6-21(33)31-22(20)34/h3-4,7-10,13,20H,5-6,11-12H2,1-2H3,(H2,29,30,36)(H,31,33,34). The highest BCUT2D eigenvalue weighted by atomic mass is 19.4. The van der Waals surface area contributed by atoms with Crippen molar-refractivity contribution in [2.45, 2.75) is 57.9 Å². The molecule has 1 atom stereocenters. The molecule has 2 aromatic carbocycles. The molecule has 1 saturated heterocycles. The Morgan fingerprint density at radius 3 is 2.56 bits per heavy atom. The molecule has 2 heterocycles. The van der Waals surface area contributed by atoms with Gasteiger partial charge in [0.1, 0.15) is 6.04 Å². The van der Waals surface area contributed by atoms with E-state index in [1.807, 2.05) is 0 Å². The monoisotopic (exact) mass is 502 g/mol.